The molecule has 2 unspecified atom stereocenters. The molecule has 2 atom stereocenters. The van der Waals surface area contributed by atoms with Crippen molar-refractivity contribution < 1.29 is 24.5 Å². The number of nitrogens with one attached hydrogen (secondary N) is 1. The normalized spacial score (nSPS) is 12.4. The van der Waals surface area contributed by atoms with Crippen molar-refractivity contribution in [2.45, 2.75) is 437 Å². The molecule has 0 saturated carbocycles. The predicted molar refractivity (Wildman–Crippen MR) is 343 cm³/mol. The van der Waals surface area contributed by atoms with Gasteiger partial charge in [-0.2, -0.15) is 0 Å². The van der Waals surface area contributed by atoms with Crippen LogP contribution in [0.2, 0.25) is 0 Å². The van der Waals surface area contributed by atoms with Crippen molar-refractivity contribution in [3.63, 3.8) is 0 Å². The molecule has 0 radical (unpaired) electrons. The minimum absolute atomic E-state index is 0.0239. The first-order valence-electron chi connectivity index (χ1n) is 36.3. The molecule has 0 heterocycles. The molecule has 1 amide bonds. The third kappa shape index (κ3) is 64.0. The van der Waals surface area contributed by atoms with Crippen LogP contribution in [0.15, 0.2) is 0 Å². The lowest BCUT2D eigenvalue weighted by molar-refractivity contribution is -0.143. The zero-order valence-corrected chi connectivity index (χ0v) is 53.4. The van der Waals surface area contributed by atoms with Crippen LogP contribution in [0.4, 0.5) is 0 Å². The molecule has 6 nitrogen and oxygen atoms in total. The number of unbranched alkanes of at least 4 members (excludes halogenated alkanes) is 58. The van der Waals surface area contributed by atoms with Crippen molar-refractivity contribution in [3.05, 3.63) is 0 Å². The van der Waals surface area contributed by atoms with Gasteiger partial charge in [0.2, 0.25) is 5.91 Å². The van der Waals surface area contributed by atoms with Crippen molar-refractivity contribution in [3.8, 4) is 0 Å². The molecule has 0 rings (SSSR count). The fourth-order valence-electron chi connectivity index (χ4n) is 11.9. The van der Waals surface area contributed by atoms with Gasteiger partial charge in [-0.15, -0.1) is 0 Å². The SMILES string of the molecule is CCCCCCCCCCCCCCCCCCC(O)C(CO)NC(=O)CCCCCCCCCCCCCCCCCCCCCCCCCCCCCCCCCCOC(=O)CCCCCCCCCCCCCCC. The number of rotatable bonds is 69. The molecule has 3 N–H and O–H groups in total. The number of carbonyl (C=O) groups excluding carboxylic acids is 2. The molecule has 466 valence electrons. The number of esters is 1. The van der Waals surface area contributed by atoms with Crippen LogP contribution in [-0.2, 0) is 14.3 Å². The van der Waals surface area contributed by atoms with Crippen LogP contribution < -0.4 is 5.32 Å². The van der Waals surface area contributed by atoms with E-state index >= 15 is 0 Å². The first kappa shape index (κ1) is 76.9. The Kier molecular flexibility index (Phi) is 67.4. The number of hydrogen-bond donors (Lipinski definition) is 3. The lowest BCUT2D eigenvalue weighted by atomic mass is 10.0. The summed E-state index contributed by atoms with van der Waals surface area (Å²) in [7, 11) is 0. The zero-order chi connectivity index (χ0) is 56.4. The van der Waals surface area contributed by atoms with Gasteiger partial charge in [0.15, 0.2) is 0 Å². The van der Waals surface area contributed by atoms with E-state index in [4.69, 9.17) is 4.74 Å². The third-order valence-electron chi connectivity index (χ3n) is 17.4. The summed E-state index contributed by atoms with van der Waals surface area (Å²) in [6, 6.07) is -0.537. The van der Waals surface area contributed by atoms with Gasteiger partial charge >= 0.3 is 5.97 Å². The summed E-state index contributed by atoms with van der Waals surface area (Å²) in [5, 5.41) is 23.4. The Balaban J connectivity index is 3.30. The molecule has 6 heteroatoms. The quantitative estimate of drug-likeness (QED) is 0.0417. The number of ether oxygens (including phenoxy) is 1. The van der Waals surface area contributed by atoms with E-state index in [1.807, 2.05) is 0 Å². The Morgan fingerprint density at radius 2 is 0.526 bits per heavy atom. The highest BCUT2D eigenvalue weighted by atomic mass is 16.5. The van der Waals surface area contributed by atoms with Crippen LogP contribution in [0.5, 0.6) is 0 Å². The van der Waals surface area contributed by atoms with Crippen LogP contribution in [0.1, 0.15) is 425 Å². The summed E-state index contributed by atoms with van der Waals surface area (Å²) < 4.78 is 5.49. The second-order valence-corrected chi connectivity index (χ2v) is 25.3. The average molecular weight is 1100 g/mol. The Morgan fingerprint density at radius 1 is 0.308 bits per heavy atom. The van der Waals surface area contributed by atoms with Crippen molar-refractivity contribution in [1.29, 1.82) is 0 Å². The van der Waals surface area contributed by atoms with Gasteiger partial charge in [-0.3, -0.25) is 9.59 Å². The molecule has 0 aromatic carbocycles. The summed E-state index contributed by atoms with van der Waals surface area (Å²) in [6.45, 7) is 5.00. The second-order valence-electron chi connectivity index (χ2n) is 25.3. The maximum absolute atomic E-state index is 12.5. The number of aliphatic hydroxyl groups excluding tert-OH is 2. The molecule has 0 aromatic heterocycles. The van der Waals surface area contributed by atoms with E-state index in [1.54, 1.807) is 0 Å². The Bertz CT molecular complexity index is 1130. The molecule has 0 fully saturated rings. The molecular weight excluding hydrogens is 959 g/mol. The van der Waals surface area contributed by atoms with Gasteiger partial charge in [-0.25, -0.2) is 0 Å². The van der Waals surface area contributed by atoms with Crippen molar-refractivity contribution in [2.75, 3.05) is 13.2 Å². The molecule has 0 saturated heterocycles. The topological polar surface area (TPSA) is 95.9 Å². The summed E-state index contributed by atoms with van der Waals surface area (Å²) >= 11 is 0. The van der Waals surface area contributed by atoms with Crippen molar-refractivity contribution in [1.82, 2.24) is 5.32 Å². The van der Waals surface area contributed by atoms with Crippen LogP contribution in [0, 0.1) is 0 Å². The lowest BCUT2D eigenvalue weighted by Crippen LogP contribution is -2.45. The minimum Gasteiger partial charge on any atom is -0.466 e. The summed E-state index contributed by atoms with van der Waals surface area (Å²) in [5.41, 5.74) is 0. The molecule has 0 bridgehead atoms. The van der Waals surface area contributed by atoms with Crippen LogP contribution in [0.25, 0.3) is 0 Å². The summed E-state index contributed by atoms with van der Waals surface area (Å²) in [6.07, 6.45) is 83.1. The first-order valence-corrected chi connectivity index (χ1v) is 36.3. The van der Waals surface area contributed by atoms with Crippen LogP contribution >= 0.6 is 0 Å². The lowest BCUT2D eigenvalue weighted by Gasteiger charge is -2.22. The Morgan fingerprint density at radius 3 is 0.782 bits per heavy atom. The maximum Gasteiger partial charge on any atom is 0.305 e. The van der Waals surface area contributed by atoms with Gasteiger partial charge in [-0.1, -0.05) is 386 Å². The molecule has 0 spiro atoms. The standard InChI is InChI=1S/C72H143NO5/c1-3-5-7-9-11-13-15-17-18-37-41-44-48-52-56-60-64-70(75)69(68-74)73-71(76)65-61-57-53-49-45-42-38-35-33-31-29-27-25-23-21-19-20-22-24-26-28-30-32-34-36-39-43-47-51-55-59-63-67-78-72(77)66-62-58-54-50-46-40-16-14-12-10-8-6-4-2/h69-70,74-75H,3-68H2,1-2H3,(H,73,76). The third-order valence-corrected chi connectivity index (χ3v) is 17.4. The van der Waals surface area contributed by atoms with E-state index in [0.717, 1.165) is 38.5 Å². The van der Waals surface area contributed by atoms with Crippen LogP contribution in [0.3, 0.4) is 0 Å². The van der Waals surface area contributed by atoms with Gasteiger partial charge in [0.25, 0.3) is 0 Å². The highest BCUT2D eigenvalue weighted by Gasteiger charge is 2.20. The fraction of sp³-hybridized carbons (Fsp3) is 0.972. The highest BCUT2D eigenvalue weighted by molar-refractivity contribution is 5.76. The number of amides is 1. The molecule has 78 heavy (non-hydrogen) atoms. The summed E-state index contributed by atoms with van der Waals surface area (Å²) in [4.78, 5) is 24.6. The zero-order valence-electron chi connectivity index (χ0n) is 53.4. The number of carbonyl (C=O) groups is 2. The van der Waals surface area contributed by atoms with E-state index in [-0.39, 0.29) is 18.5 Å². The maximum atomic E-state index is 12.5. The Labute approximate surface area is 489 Å². The predicted octanol–water partition coefficient (Wildman–Crippen LogP) is 23.4. The van der Waals surface area contributed by atoms with Gasteiger partial charge < -0.3 is 20.3 Å². The minimum atomic E-state index is -0.660. The van der Waals surface area contributed by atoms with E-state index in [1.165, 1.54) is 353 Å². The fourth-order valence-corrected chi connectivity index (χ4v) is 11.9. The van der Waals surface area contributed by atoms with E-state index < -0.39 is 12.1 Å². The highest BCUT2D eigenvalue weighted by Crippen LogP contribution is 2.20. The van der Waals surface area contributed by atoms with Crippen LogP contribution in [-0.4, -0.2) is 47.4 Å². The van der Waals surface area contributed by atoms with Gasteiger partial charge in [-0.05, 0) is 25.7 Å². The second kappa shape index (κ2) is 68.4. The van der Waals surface area contributed by atoms with Gasteiger partial charge in [0.1, 0.15) is 0 Å². The molecule has 0 aromatic rings. The average Bonchev–Trinajstić information content (AvgIpc) is 3.44. The van der Waals surface area contributed by atoms with Crippen molar-refractivity contribution >= 4 is 11.9 Å². The monoisotopic (exact) mass is 1100 g/mol. The molecule has 0 aliphatic carbocycles. The van der Waals surface area contributed by atoms with Crippen molar-refractivity contribution in [2.24, 2.45) is 0 Å². The Hall–Kier alpha value is -1.14. The molecular formula is C72H143NO5. The van der Waals surface area contributed by atoms with Gasteiger partial charge in [0.05, 0.1) is 25.4 Å². The van der Waals surface area contributed by atoms with E-state index in [0.29, 0.717) is 25.9 Å². The largest absolute Gasteiger partial charge is 0.466 e. The summed E-state index contributed by atoms with van der Waals surface area (Å²) in [5.74, 6) is -0.00224. The van der Waals surface area contributed by atoms with E-state index in [2.05, 4.69) is 19.2 Å². The first-order chi connectivity index (χ1) is 38.5. The molecule has 0 aliphatic heterocycles. The molecule has 0 aliphatic rings. The number of hydrogen-bond acceptors (Lipinski definition) is 5. The van der Waals surface area contributed by atoms with Gasteiger partial charge in [0, 0.05) is 12.8 Å². The number of aliphatic hydroxyl groups is 2. The smallest absolute Gasteiger partial charge is 0.305 e. The van der Waals surface area contributed by atoms with E-state index in [9.17, 15) is 19.8 Å².